The highest BCUT2D eigenvalue weighted by molar-refractivity contribution is 5.79. The third-order valence-corrected chi connectivity index (χ3v) is 5.37. The zero-order chi connectivity index (χ0) is 22.4. The molecule has 31 heavy (non-hydrogen) atoms. The average molecular weight is 429 g/mol. The van der Waals surface area contributed by atoms with E-state index in [-0.39, 0.29) is 48.2 Å². The van der Waals surface area contributed by atoms with Gasteiger partial charge in [0.2, 0.25) is 11.8 Å². The largest absolute Gasteiger partial charge is 0.352 e. The fourth-order valence-electron chi connectivity index (χ4n) is 3.79. The minimum absolute atomic E-state index is 0.127. The highest BCUT2D eigenvalue weighted by atomic mass is 19.1. The maximum Gasteiger partial charge on any atom is 0.267 e. The topological polar surface area (TPSA) is 96.3 Å². The van der Waals surface area contributed by atoms with E-state index in [0.717, 1.165) is 4.68 Å². The number of likely N-dealkylation sites (tertiary alicyclic amines) is 1. The van der Waals surface area contributed by atoms with Crippen molar-refractivity contribution in [3.8, 4) is 0 Å². The van der Waals surface area contributed by atoms with Crippen LogP contribution in [0.3, 0.4) is 0 Å². The summed E-state index contributed by atoms with van der Waals surface area (Å²) in [7, 11) is 1.90. The molecule has 1 aromatic carbocycles. The molecule has 0 aliphatic carbocycles. The molecule has 3 rings (SSSR count). The summed E-state index contributed by atoms with van der Waals surface area (Å²) in [6.45, 7) is 2.90. The van der Waals surface area contributed by atoms with Gasteiger partial charge in [0.25, 0.3) is 5.56 Å². The Balaban J connectivity index is 1.52. The van der Waals surface area contributed by atoms with E-state index in [1.807, 2.05) is 11.9 Å². The average Bonchev–Trinajstić information content (AvgIpc) is 2.91. The van der Waals surface area contributed by atoms with Crippen LogP contribution < -0.4 is 16.2 Å². The number of halogens is 1. The van der Waals surface area contributed by atoms with Crippen molar-refractivity contribution in [2.24, 2.45) is 5.92 Å². The zero-order valence-electron chi connectivity index (χ0n) is 17.8. The Kier molecular flexibility index (Phi) is 7.51. The van der Waals surface area contributed by atoms with E-state index in [9.17, 15) is 18.8 Å². The van der Waals surface area contributed by atoms with Crippen LogP contribution in [0.5, 0.6) is 0 Å². The molecule has 166 valence electrons. The Morgan fingerprint density at radius 1 is 1.16 bits per heavy atom. The number of benzene rings is 1. The molecular weight excluding hydrogens is 401 g/mol. The number of nitrogens with zero attached hydrogens (tertiary/aromatic N) is 3. The molecule has 1 aromatic heterocycles. The van der Waals surface area contributed by atoms with E-state index >= 15 is 0 Å². The number of likely N-dealkylation sites (N-methyl/N-ethyl adjacent to an activating group) is 1. The molecule has 0 bridgehead atoms. The molecule has 1 aliphatic rings. The van der Waals surface area contributed by atoms with Crippen LogP contribution in [0.2, 0.25) is 0 Å². The molecule has 0 spiro atoms. The number of aryl methyl sites for hydroxylation is 1. The Labute approximate surface area is 180 Å². The summed E-state index contributed by atoms with van der Waals surface area (Å²) in [6, 6.07) is 9.22. The van der Waals surface area contributed by atoms with E-state index in [1.54, 1.807) is 31.2 Å². The van der Waals surface area contributed by atoms with Crippen molar-refractivity contribution in [2.75, 3.05) is 20.1 Å². The van der Waals surface area contributed by atoms with Gasteiger partial charge in [-0.25, -0.2) is 9.07 Å². The van der Waals surface area contributed by atoms with Gasteiger partial charge >= 0.3 is 0 Å². The summed E-state index contributed by atoms with van der Waals surface area (Å²) in [4.78, 5) is 38.9. The molecule has 2 atom stereocenters. The number of amides is 2. The van der Waals surface area contributed by atoms with Gasteiger partial charge < -0.3 is 15.5 Å². The molecule has 0 saturated carbocycles. The molecule has 8 nitrogen and oxygen atoms in total. The fourth-order valence-corrected chi connectivity index (χ4v) is 3.79. The molecule has 2 N–H and O–H groups in total. The van der Waals surface area contributed by atoms with Crippen LogP contribution in [0, 0.1) is 18.7 Å². The van der Waals surface area contributed by atoms with Crippen LogP contribution >= 0.6 is 0 Å². The number of hydrogen-bond donors (Lipinski definition) is 2. The van der Waals surface area contributed by atoms with Gasteiger partial charge in [-0.3, -0.25) is 14.4 Å². The van der Waals surface area contributed by atoms with Crippen LogP contribution in [-0.4, -0.2) is 52.7 Å². The van der Waals surface area contributed by atoms with Crippen molar-refractivity contribution < 1.29 is 14.0 Å². The van der Waals surface area contributed by atoms with Gasteiger partial charge in [-0.1, -0.05) is 18.2 Å². The van der Waals surface area contributed by atoms with Crippen LogP contribution in [0.15, 0.2) is 41.2 Å². The Morgan fingerprint density at radius 2 is 1.94 bits per heavy atom. The van der Waals surface area contributed by atoms with Gasteiger partial charge in [0.05, 0.1) is 11.6 Å². The highest BCUT2D eigenvalue weighted by Gasteiger charge is 2.27. The van der Waals surface area contributed by atoms with Crippen LogP contribution in [0.25, 0.3) is 0 Å². The van der Waals surface area contributed by atoms with Crippen LogP contribution in [0.1, 0.15) is 24.1 Å². The van der Waals surface area contributed by atoms with E-state index in [1.165, 1.54) is 12.1 Å². The molecule has 9 heteroatoms. The summed E-state index contributed by atoms with van der Waals surface area (Å²) < 4.78 is 14.9. The summed E-state index contributed by atoms with van der Waals surface area (Å²) in [6.07, 6.45) is 1.23. The number of carbonyl (C=O) groups excluding carboxylic acids is 2. The molecule has 2 aromatic rings. The lowest BCUT2D eigenvalue weighted by molar-refractivity contribution is -0.125. The second-order valence-corrected chi connectivity index (χ2v) is 8.04. The van der Waals surface area contributed by atoms with Gasteiger partial charge in [0.1, 0.15) is 12.4 Å². The zero-order valence-corrected chi connectivity index (χ0v) is 17.8. The summed E-state index contributed by atoms with van der Waals surface area (Å²) >= 11 is 0. The lowest BCUT2D eigenvalue weighted by atomic mass is 10.0. The third kappa shape index (κ3) is 6.45. The molecular formula is C22H28FN5O3. The quantitative estimate of drug-likeness (QED) is 0.709. The first-order valence-corrected chi connectivity index (χ1v) is 10.4. The fraction of sp³-hybridized carbons (Fsp3) is 0.455. The third-order valence-electron chi connectivity index (χ3n) is 5.37. The molecule has 2 heterocycles. The van der Waals surface area contributed by atoms with Gasteiger partial charge in [0.15, 0.2) is 0 Å². The van der Waals surface area contributed by atoms with Crippen molar-refractivity contribution in [2.45, 2.75) is 38.9 Å². The Bertz CT molecular complexity index is 993. The van der Waals surface area contributed by atoms with Gasteiger partial charge in [-0.2, -0.15) is 5.10 Å². The normalized spacial score (nSPS) is 19.5. The summed E-state index contributed by atoms with van der Waals surface area (Å²) in [5.74, 6) is -1.01. The van der Waals surface area contributed by atoms with Crippen LogP contribution in [0.4, 0.5) is 4.39 Å². The Morgan fingerprint density at radius 3 is 2.71 bits per heavy atom. The van der Waals surface area contributed by atoms with Crippen molar-refractivity contribution >= 4 is 11.8 Å². The standard InChI is InChI=1S/C22H28FN5O3/c1-15-7-10-21(30)28(26-15)14-20(29)25-18-9-8-17(12-27(2)13-18)22(31)24-11-16-5-3-4-6-19(16)23/h3-7,10,17-18H,8-9,11-14H2,1-2H3,(H,24,31)(H,25,29)/t17-,18+/m1/s1. The SMILES string of the molecule is Cc1ccc(=O)n(CC(=O)N[C@H]2CC[C@@H](C(=O)NCc3ccccc3F)CN(C)C2)n1. The molecule has 2 amide bonds. The number of aromatic nitrogens is 2. The maximum absolute atomic E-state index is 13.8. The molecule has 0 radical (unpaired) electrons. The molecule has 1 fully saturated rings. The van der Waals surface area contributed by atoms with E-state index in [4.69, 9.17) is 0 Å². The molecule has 1 aliphatic heterocycles. The van der Waals surface area contributed by atoms with Crippen molar-refractivity contribution in [3.05, 3.63) is 63.8 Å². The van der Waals surface area contributed by atoms with Gasteiger partial charge in [-0.05, 0) is 38.9 Å². The maximum atomic E-state index is 13.8. The Hall–Kier alpha value is -3.07. The minimum Gasteiger partial charge on any atom is -0.352 e. The first-order valence-electron chi connectivity index (χ1n) is 10.4. The van der Waals surface area contributed by atoms with E-state index in [2.05, 4.69) is 15.7 Å². The summed E-state index contributed by atoms with van der Waals surface area (Å²) in [5, 5.41) is 9.85. The van der Waals surface area contributed by atoms with Crippen LogP contribution in [-0.2, 0) is 22.7 Å². The minimum atomic E-state index is -0.342. The first-order chi connectivity index (χ1) is 14.8. The van der Waals surface area contributed by atoms with E-state index < -0.39 is 0 Å². The van der Waals surface area contributed by atoms with Gasteiger partial charge in [0, 0.05) is 37.3 Å². The van der Waals surface area contributed by atoms with Gasteiger partial charge in [-0.15, -0.1) is 0 Å². The number of hydrogen-bond acceptors (Lipinski definition) is 5. The van der Waals surface area contributed by atoms with E-state index in [0.29, 0.717) is 37.2 Å². The summed E-state index contributed by atoms with van der Waals surface area (Å²) in [5.41, 5.74) is 0.777. The number of nitrogens with one attached hydrogen (secondary N) is 2. The monoisotopic (exact) mass is 429 g/mol. The second-order valence-electron chi connectivity index (χ2n) is 8.04. The molecule has 0 unspecified atom stereocenters. The lowest BCUT2D eigenvalue weighted by Crippen LogP contribution is -2.44. The first kappa shape index (κ1) is 22.6. The number of rotatable bonds is 6. The second kappa shape index (κ2) is 10.3. The predicted molar refractivity (Wildman–Crippen MR) is 114 cm³/mol. The number of carbonyl (C=O) groups is 2. The van der Waals surface area contributed by atoms with Crippen molar-refractivity contribution in [1.29, 1.82) is 0 Å². The lowest BCUT2D eigenvalue weighted by Gasteiger charge is -2.22. The smallest absolute Gasteiger partial charge is 0.267 e. The highest BCUT2D eigenvalue weighted by Crippen LogP contribution is 2.17. The predicted octanol–water partition coefficient (Wildman–Crippen LogP) is 0.834. The van der Waals surface area contributed by atoms with Crippen molar-refractivity contribution in [3.63, 3.8) is 0 Å². The van der Waals surface area contributed by atoms with Crippen molar-refractivity contribution in [1.82, 2.24) is 25.3 Å². The molecule has 1 saturated heterocycles.